The van der Waals surface area contributed by atoms with Crippen molar-refractivity contribution in [3.8, 4) is 0 Å². The van der Waals surface area contributed by atoms with Crippen LogP contribution in [0.25, 0.3) is 0 Å². The van der Waals surface area contributed by atoms with Gasteiger partial charge < -0.3 is 11.1 Å². The van der Waals surface area contributed by atoms with Gasteiger partial charge in [0.2, 0.25) is 5.91 Å². The number of hydrogen-bond acceptors (Lipinski definition) is 3. The molecule has 4 nitrogen and oxygen atoms in total. The third-order valence-electron chi connectivity index (χ3n) is 3.25. The number of anilines is 1. The van der Waals surface area contributed by atoms with Gasteiger partial charge in [0.05, 0.1) is 0 Å². The highest BCUT2D eigenvalue weighted by Gasteiger charge is 2.43. The first-order valence-electron chi connectivity index (χ1n) is 5.80. The van der Waals surface area contributed by atoms with Gasteiger partial charge >= 0.3 is 0 Å². The smallest absolute Gasteiger partial charge is 0.249 e. The lowest BCUT2D eigenvalue weighted by molar-refractivity contribution is -0.120. The Kier molecular flexibility index (Phi) is 2.38. The lowest BCUT2D eigenvalue weighted by Crippen LogP contribution is -2.45. The molecule has 0 bridgehead atoms. The number of para-hydroxylation sites is 1. The number of pyridine rings is 1. The minimum absolute atomic E-state index is 0.172. The SMILES string of the molecule is NC1(Cc2ccccn2)C(=O)Nc2ccccc21. The van der Waals surface area contributed by atoms with Crippen LogP contribution in [0.5, 0.6) is 0 Å². The lowest BCUT2D eigenvalue weighted by atomic mass is 9.87. The summed E-state index contributed by atoms with van der Waals surface area (Å²) in [7, 11) is 0. The van der Waals surface area contributed by atoms with E-state index in [1.165, 1.54) is 0 Å². The monoisotopic (exact) mass is 239 g/mol. The Labute approximate surface area is 105 Å². The van der Waals surface area contributed by atoms with Crippen LogP contribution < -0.4 is 11.1 Å². The molecule has 0 saturated heterocycles. The van der Waals surface area contributed by atoms with Crippen LogP contribution in [0.4, 0.5) is 5.69 Å². The summed E-state index contributed by atoms with van der Waals surface area (Å²) >= 11 is 0. The van der Waals surface area contributed by atoms with E-state index in [0.29, 0.717) is 6.42 Å². The normalized spacial score (nSPS) is 21.5. The van der Waals surface area contributed by atoms with Gasteiger partial charge in [-0.25, -0.2) is 0 Å². The van der Waals surface area contributed by atoms with Crippen molar-refractivity contribution in [3.05, 3.63) is 59.9 Å². The highest BCUT2D eigenvalue weighted by atomic mass is 16.2. The topological polar surface area (TPSA) is 68.0 Å². The third kappa shape index (κ3) is 1.58. The van der Waals surface area contributed by atoms with Gasteiger partial charge in [0.25, 0.3) is 0 Å². The first kappa shape index (κ1) is 10.9. The Morgan fingerprint density at radius 3 is 2.72 bits per heavy atom. The number of carbonyl (C=O) groups excluding carboxylic acids is 1. The molecule has 2 heterocycles. The van der Waals surface area contributed by atoms with E-state index in [-0.39, 0.29) is 5.91 Å². The molecule has 1 aliphatic rings. The fraction of sp³-hybridized carbons (Fsp3) is 0.143. The molecule has 2 aromatic rings. The summed E-state index contributed by atoms with van der Waals surface area (Å²) in [6.45, 7) is 0. The fourth-order valence-corrected chi connectivity index (χ4v) is 2.30. The highest BCUT2D eigenvalue weighted by molar-refractivity contribution is 6.05. The van der Waals surface area contributed by atoms with E-state index in [9.17, 15) is 4.79 Å². The predicted octanol–water partition coefficient (Wildman–Crippen LogP) is 1.43. The van der Waals surface area contributed by atoms with Crippen molar-refractivity contribution in [3.63, 3.8) is 0 Å². The van der Waals surface area contributed by atoms with E-state index in [1.807, 2.05) is 42.5 Å². The summed E-state index contributed by atoms with van der Waals surface area (Å²) in [5.74, 6) is -0.172. The summed E-state index contributed by atoms with van der Waals surface area (Å²) < 4.78 is 0. The van der Waals surface area contributed by atoms with Crippen LogP contribution >= 0.6 is 0 Å². The third-order valence-corrected chi connectivity index (χ3v) is 3.25. The van der Waals surface area contributed by atoms with Crippen molar-refractivity contribution in [2.45, 2.75) is 12.0 Å². The molecular weight excluding hydrogens is 226 g/mol. The maximum absolute atomic E-state index is 12.1. The molecule has 90 valence electrons. The Morgan fingerprint density at radius 2 is 1.94 bits per heavy atom. The van der Waals surface area contributed by atoms with E-state index >= 15 is 0 Å². The zero-order valence-corrected chi connectivity index (χ0v) is 9.76. The van der Waals surface area contributed by atoms with Crippen LogP contribution in [0.1, 0.15) is 11.3 Å². The van der Waals surface area contributed by atoms with Crippen LogP contribution in [-0.4, -0.2) is 10.9 Å². The number of nitrogens with zero attached hydrogens (tertiary/aromatic N) is 1. The molecule has 0 spiro atoms. The molecule has 1 aromatic carbocycles. The molecular formula is C14H13N3O. The van der Waals surface area contributed by atoms with E-state index in [4.69, 9.17) is 5.73 Å². The Balaban J connectivity index is 2.02. The van der Waals surface area contributed by atoms with Gasteiger partial charge in [-0.2, -0.15) is 0 Å². The van der Waals surface area contributed by atoms with Crippen molar-refractivity contribution in [1.82, 2.24) is 4.98 Å². The number of fused-ring (bicyclic) bond motifs is 1. The van der Waals surface area contributed by atoms with Gasteiger partial charge in [-0.15, -0.1) is 0 Å². The Hall–Kier alpha value is -2.20. The van der Waals surface area contributed by atoms with Crippen LogP contribution in [0.3, 0.4) is 0 Å². The first-order valence-corrected chi connectivity index (χ1v) is 5.80. The van der Waals surface area contributed by atoms with Gasteiger partial charge in [-0.05, 0) is 18.2 Å². The van der Waals surface area contributed by atoms with Crippen LogP contribution in [0.15, 0.2) is 48.7 Å². The summed E-state index contributed by atoms with van der Waals surface area (Å²) in [6, 6.07) is 13.1. The molecule has 4 heteroatoms. The van der Waals surface area contributed by atoms with Crippen molar-refractivity contribution in [1.29, 1.82) is 0 Å². The average molecular weight is 239 g/mol. The van der Waals surface area contributed by atoms with Crippen LogP contribution in [0.2, 0.25) is 0 Å². The highest BCUT2D eigenvalue weighted by Crippen LogP contribution is 2.35. The largest absolute Gasteiger partial charge is 0.324 e. The van der Waals surface area contributed by atoms with Crippen molar-refractivity contribution in [2.24, 2.45) is 5.73 Å². The molecule has 1 aromatic heterocycles. The van der Waals surface area contributed by atoms with E-state index in [1.54, 1.807) is 6.20 Å². The van der Waals surface area contributed by atoms with Gasteiger partial charge in [0.15, 0.2) is 0 Å². The minimum atomic E-state index is -1.02. The molecule has 0 saturated carbocycles. The van der Waals surface area contributed by atoms with Crippen LogP contribution in [-0.2, 0) is 16.8 Å². The number of amides is 1. The fourth-order valence-electron chi connectivity index (χ4n) is 2.30. The first-order chi connectivity index (χ1) is 8.70. The minimum Gasteiger partial charge on any atom is -0.324 e. The van der Waals surface area contributed by atoms with Gasteiger partial charge in [-0.3, -0.25) is 9.78 Å². The van der Waals surface area contributed by atoms with E-state index < -0.39 is 5.54 Å². The Morgan fingerprint density at radius 1 is 1.17 bits per heavy atom. The molecule has 1 amide bonds. The van der Waals surface area contributed by atoms with Crippen LogP contribution in [0, 0.1) is 0 Å². The molecule has 0 radical (unpaired) electrons. The second-order valence-corrected chi connectivity index (χ2v) is 4.47. The summed E-state index contributed by atoms with van der Waals surface area (Å²) in [5, 5.41) is 2.82. The standard InChI is InChI=1S/C14H13N3O/c15-14(9-10-5-3-4-8-16-10)11-6-1-2-7-12(11)17-13(14)18/h1-8H,9,15H2,(H,17,18). The lowest BCUT2D eigenvalue weighted by Gasteiger charge is -2.21. The second-order valence-electron chi connectivity index (χ2n) is 4.47. The molecule has 0 fully saturated rings. The number of hydrogen-bond donors (Lipinski definition) is 2. The van der Waals surface area contributed by atoms with Crippen molar-refractivity contribution in [2.75, 3.05) is 5.32 Å². The number of aromatic nitrogens is 1. The molecule has 18 heavy (non-hydrogen) atoms. The van der Waals surface area contributed by atoms with Crippen molar-refractivity contribution >= 4 is 11.6 Å². The molecule has 0 aliphatic carbocycles. The van der Waals surface area contributed by atoms with E-state index in [2.05, 4.69) is 10.3 Å². The van der Waals surface area contributed by atoms with Gasteiger partial charge in [0, 0.05) is 29.6 Å². The maximum atomic E-state index is 12.1. The molecule has 3 rings (SSSR count). The zero-order chi connectivity index (χ0) is 12.6. The van der Waals surface area contributed by atoms with E-state index in [0.717, 1.165) is 16.9 Å². The number of carbonyl (C=O) groups is 1. The van der Waals surface area contributed by atoms with Crippen molar-refractivity contribution < 1.29 is 4.79 Å². The molecule has 3 N–H and O–H groups in total. The number of rotatable bonds is 2. The number of benzene rings is 1. The molecule has 1 unspecified atom stereocenters. The summed E-state index contributed by atoms with van der Waals surface area (Å²) in [4.78, 5) is 16.3. The average Bonchev–Trinajstić information content (AvgIpc) is 2.63. The molecule has 1 aliphatic heterocycles. The predicted molar refractivity (Wildman–Crippen MR) is 68.9 cm³/mol. The quantitative estimate of drug-likeness (QED) is 0.833. The Bertz CT molecular complexity index is 597. The maximum Gasteiger partial charge on any atom is 0.249 e. The molecule has 1 atom stereocenters. The van der Waals surface area contributed by atoms with Gasteiger partial charge in [-0.1, -0.05) is 24.3 Å². The summed E-state index contributed by atoms with van der Waals surface area (Å²) in [5.41, 5.74) is 7.71. The second kappa shape index (κ2) is 3.92. The number of nitrogens with one attached hydrogen (secondary N) is 1. The number of nitrogens with two attached hydrogens (primary N) is 1. The zero-order valence-electron chi connectivity index (χ0n) is 9.76. The summed E-state index contributed by atoms with van der Waals surface area (Å²) in [6.07, 6.45) is 2.11. The van der Waals surface area contributed by atoms with Gasteiger partial charge in [0.1, 0.15) is 5.54 Å².